The maximum atomic E-state index is 4.26. The standard InChI is InChI=1S/C10H11N/c1-3-8-4-5-9-6-11-7(2)10(8)9/h4-6H,3H2,1-2H3. The maximum absolute atomic E-state index is 4.26. The summed E-state index contributed by atoms with van der Waals surface area (Å²) in [4.78, 5) is 4.26. The first-order valence-corrected chi connectivity index (χ1v) is 3.99. The molecular formula is C10H11N. The molecule has 56 valence electrons. The van der Waals surface area contributed by atoms with E-state index in [-0.39, 0.29) is 0 Å². The zero-order valence-corrected chi connectivity index (χ0v) is 6.89. The first kappa shape index (κ1) is 6.59. The van der Waals surface area contributed by atoms with Crippen LogP contribution < -0.4 is 0 Å². The summed E-state index contributed by atoms with van der Waals surface area (Å²) >= 11 is 0. The van der Waals surface area contributed by atoms with Crippen LogP contribution in [0.3, 0.4) is 0 Å². The van der Waals surface area contributed by atoms with Gasteiger partial charge in [0.15, 0.2) is 0 Å². The third-order valence-electron chi connectivity index (χ3n) is 2.21. The van der Waals surface area contributed by atoms with E-state index in [2.05, 4.69) is 31.0 Å². The molecule has 0 unspecified atom stereocenters. The lowest BCUT2D eigenvalue weighted by Gasteiger charge is -2.01. The van der Waals surface area contributed by atoms with Crippen LogP contribution in [0, 0.1) is 0 Å². The van der Waals surface area contributed by atoms with E-state index >= 15 is 0 Å². The molecule has 1 nitrogen and oxygen atoms in total. The Labute approximate surface area is 66.8 Å². The van der Waals surface area contributed by atoms with Gasteiger partial charge in [0, 0.05) is 23.1 Å². The Bertz CT molecular complexity index is 314. The molecule has 0 N–H and O–H groups in total. The van der Waals surface area contributed by atoms with Gasteiger partial charge in [0.1, 0.15) is 0 Å². The first-order chi connectivity index (χ1) is 5.33. The van der Waals surface area contributed by atoms with Crippen LogP contribution in [0.5, 0.6) is 0 Å². The van der Waals surface area contributed by atoms with Crippen LogP contribution in [0.1, 0.15) is 20.3 Å². The monoisotopic (exact) mass is 145 g/mol. The average molecular weight is 145 g/mol. The molecule has 0 amide bonds. The van der Waals surface area contributed by atoms with Gasteiger partial charge in [0.2, 0.25) is 0 Å². The summed E-state index contributed by atoms with van der Waals surface area (Å²) in [6, 6.07) is 0. The molecule has 2 aliphatic rings. The molecule has 0 aromatic heterocycles. The second-order valence-corrected chi connectivity index (χ2v) is 2.89. The molecule has 0 aromatic carbocycles. The molecule has 0 bridgehead atoms. The van der Waals surface area contributed by atoms with E-state index in [0.29, 0.717) is 0 Å². The van der Waals surface area contributed by atoms with Gasteiger partial charge in [-0.1, -0.05) is 19.1 Å². The van der Waals surface area contributed by atoms with Crippen molar-refractivity contribution in [3.05, 3.63) is 34.6 Å². The fourth-order valence-electron chi connectivity index (χ4n) is 1.62. The van der Waals surface area contributed by atoms with Gasteiger partial charge in [-0.15, -0.1) is 0 Å². The number of hydrogen-bond acceptors (Lipinski definition) is 1. The molecule has 11 heavy (non-hydrogen) atoms. The lowest BCUT2D eigenvalue weighted by Crippen LogP contribution is -1.86. The van der Waals surface area contributed by atoms with Crippen molar-refractivity contribution in [3.8, 4) is 0 Å². The predicted octanol–water partition coefficient (Wildman–Crippen LogP) is 2.62. The van der Waals surface area contributed by atoms with Crippen molar-refractivity contribution in [2.45, 2.75) is 20.3 Å². The lowest BCUT2D eigenvalue weighted by atomic mass is 10.0. The second kappa shape index (κ2) is 2.19. The van der Waals surface area contributed by atoms with Gasteiger partial charge in [0.05, 0.1) is 0 Å². The molecular weight excluding hydrogens is 134 g/mol. The number of rotatable bonds is 1. The van der Waals surface area contributed by atoms with Gasteiger partial charge < -0.3 is 0 Å². The largest absolute Gasteiger partial charge is 0.260 e. The van der Waals surface area contributed by atoms with Gasteiger partial charge in [-0.05, 0) is 18.9 Å². The minimum atomic E-state index is 1.11. The topological polar surface area (TPSA) is 12.4 Å². The molecule has 0 spiro atoms. The van der Waals surface area contributed by atoms with Crippen molar-refractivity contribution in [2.24, 2.45) is 4.99 Å². The van der Waals surface area contributed by atoms with E-state index in [1.165, 1.54) is 22.4 Å². The van der Waals surface area contributed by atoms with Gasteiger partial charge in [-0.2, -0.15) is 0 Å². The summed E-state index contributed by atoms with van der Waals surface area (Å²) < 4.78 is 0. The Hall–Kier alpha value is -1.11. The van der Waals surface area contributed by atoms with Crippen molar-refractivity contribution in [1.29, 1.82) is 0 Å². The molecule has 1 heterocycles. The third kappa shape index (κ3) is 0.805. The maximum Gasteiger partial charge on any atom is 0.0454 e. The molecule has 0 saturated carbocycles. The minimum absolute atomic E-state index is 1.11. The van der Waals surface area contributed by atoms with Crippen LogP contribution in [-0.4, -0.2) is 6.21 Å². The lowest BCUT2D eigenvalue weighted by molar-refractivity contribution is 1.11. The van der Waals surface area contributed by atoms with E-state index in [1.807, 2.05) is 6.21 Å². The van der Waals surface area contributed by atoms with Crippen molar-refractivity contribution in [1.82, 2.24) is 0 Å². The molecule has 1 aliphatic carbocycles. The highest BCUT2D eigenvalue weighted by molar-refractivity contribution is 5.93. The highest BCUT2D eigenvalue weighted by Crippen LogP contribution is 2.33. The molecule has 2 rings (SSSR count). The zero-order chi connectivity index (χ0) is 7.84. The Morgan fingerprint density at radius 2 is 2.18 bits per heavy atom. The van der Waals surface area contributed by atoms with E-state index in [1.54, 1.807) is 0 Å². The summed E-state index contributed by atoms with van der Waals surface area (Å²) in [5, 5.41) is 0. The van der Waals surface area contributed by atoms with Crippen LogP contribution in [0.15, 0.2) is 39.6 Å². The smallest absolute Gasteiger partial charge is 0.0454 e. The fraction of sp³-hybridized carbons (Fsp3) is 0.300. The van der Waals surface area contributed by atoms with Crippen LogP contribution in [-0.2, 0) is 0 Å². The van der Waals surface area contributed by atoms with Crippen LogP contribution in [0.4, 0.5) is 0 Å². The van der Waals surface area contributed by atoms with Crippen molar-refractivity contribution >= 4 is 6.21 Å². The normalized spacial score (nSPS) is 20.5. The number of nitrogens with zero attached hydrogens (tertiary/aromatic N) is 1. The van der Waals surface area contributed by atoms with Gasteiger partial charge in [0.25, 0.3) is 0 Å². The van der Waals surface area contributed by atoms with Crippen molar-refractivity contribution in [2.75, 3.05) is 0 Å². The van der Waals surface area contributed by atoms with E-state index in [4.69, 9.17) is 0 Å². The number of aliphatic imine (C=N–C) groups is 1. The first-order valence-electron chi connectivity index (χ1n) is 3.99. The molecule has 0 atom stereocenters. The highest BCUT2D eigenvalue weighted by Gasteiger charge is 2.18. The zero-order valence-electron chi connectivity index (χ0n) is 6.89. The third-order valence-corrected chi connectivity index (χ3v) is 2.21. The number of hydrogen-bond donors (Lipinski definition) is 0. The molecule has 1 heteroatoms. The van der Waals surface area contributed by atoms with Gasteiger partial charge in [-0.3, -0.25) is 4.99 Å². The van der Waals surface area contributed by atoms with Crippen LogP contribution in [0.2, 0.25) is 0 Å². The summed E-state index contributed by atoms with van der Waals surface area (Å²) in [7, 11) is 0. The summed E-state index contributed by atoms with van der Waals surface area (Å²) in [6.07, 6.45) is 7.40. The SMILES string of the molecule is CCC1=CC=C2C=NC(C)=C21. The molecule has 0 radical (unpaired) electrons. The highest BCUT2D eigenvalue weighted by atomic mass is 14.8. The Kier molecular flexibility index (Phi) is 1.31. The second-order valence-electron chi connectivity index (χ2n) is 2.89. The molecule has 0 fully saturated rings. The Balaban J connectivity index is 2.47. The van der Waals surface area contributed by atoms with Crippen molar-refractivity contribution in [3.63, 3.8) is 0 Å². The Morgan fingerprint density at radius 1 is 1.36 bits per heavy atom. The number of fused-ring (bicyclic) bond motifs is 1. The number of allylic oxidation sites excluding steroid dienone is 6. The summed E-state index contributed by atoms with van der Waals surface area (Å²) in [5.41, 5.74) is 5.25. The minimum Gasteiger partial charge on any atom is -0.260 e. The Morgan fingerprint density at radius 3 is 2.91 bits per heavy atom. The predicted molar refractivity (Wildman–Crippen MR) is 47.6 cm³/mol. The quantitative estimate of drug-likeness (QED) is 0.538. The van der Waals surface area contributed by atoms with Crippen molar-refractivity contribution < 1.29 is 0 Å². The van der Waals surface area contributed by atoms with E-state index in [0.717, 1.165) is 6.42 Å². The van der Waals surface area contributed by atoms with Crippen LogP contribution in [0.25, 0.3) is 0 Å². The molecule has 1 aliphatic heterocycles. The van der Waals surface area contributed by atoms with E-state index in [9.17, 15) is 0 Å². The van der Waals surface area contributed by atoms with Gasteiger partial charge in [-0.25, -0.2) is 0 Å². The van der Waals surface area contributed by atoms with E-state index < -0.39 is 0 Å². The molecule has 0 saturated heterocycles. The van der Waals surface area contributed by atoms with Crippen LogP contribution >= 0.6 is 0 Å². The summed E-state index contributed by atoms with van der Waals surface area (Å²) in [5.74, 6) is 0. The fourth-order valence-corrected chi connectivity index (χ4v) is 1.62. The summed E-state index contributed by atoms with van der Waals surface area (Å²) in [6.45, 7) is 4.25. The van der Waals surface area contributed by atoms with Gasteiger partial charge >= 0.3 is 0 Å². The average Bonchev–Trinajstić information content (AvgIpc) is 2.54. The molecule has 0 aromatic rings.